The Morgan fingerprint density at radius 1 is 1.21 bits per heavy atom. The maximum Gasteiger partial charge on any atom is 0.251 e. The van der Waals surface area contributed by atoms with E-state index in [1.165, 1.54) is 4.31 Å². The summed E-state index contributed by atoms with van der Waals surface area (Å²) in [6, 6.07) is 11.1. The number of hydrogen-bond donors (Lipinski definition) is 2. The molecule has 2 saturated heterocycles. The van der Waals surface area contributed by atoms with Crippen molar-refractivity contribution in [2.45, 2.75) is 37.8 Å². The zero-order valence-corrected chi connectivity index (χ0v) is 22.4. The van der Waals surface area contributed by atoms with Crippen molar-refractivity contribution in [3.8, 4) is 17.3 Å². The number of carbonyl (C=O) groups excluding carboxylic acids is 1. The summed E-state index contributed by atoms with van der Waals surface area (Å²) in [6.45, 7) is 3.34. The minimum absolute atomic E-state index is 0.0168. The summed E-state index contributed by atoms with van der Waals surface area (Å²) in [5.74, 6) is 0.276. The average Bonchev–Trinajstić information content (AvgIpc) is 3.42. The van der Waals surface area contributed by atoms with Crippen molar-refractivity contribution in [2.24, 2.45) is 0 Å². The summed E-state index contributed by atoms with van der Waals surface area (Å²) >= 11 is 0. The number of aromatic nitrogens is 4. The molecule has 39 heavy (non-hydrogen) atoms. The molecule has 3 aromatic rings. The number of nitriles is 1. The molecule has 13 heteroatoms. The maximum absolute atomic E-state index is 12.6. The Kier molecular flexibility index (Phi) is 7.60. The van der Waals surface area contributed by atoms with Crippen LogP contribution < -0.4 is 10.6 Å². The first kappa shape index (κ1) is 26.7. The van der Waals surface area contributed by atoms with Crippen LogP contribution in [0.15, 0.2) is 48.9 Å². The van der Waals surface area contributed by atoms with E-state index in [-0.39, 0.29) is 37.2 Å². The second-order valence-electron chi connectivity index (χ2n) is 9.73. The van der Waals surface area contributed by atoms with E-state index in [0.717, 1.165) is 24.1 Å². The molecule has 1 amide bonds. The number of anilines is 2. The van der Waals surface area contributed by atoms with Gasteiger partial charge in [0.15, 0.2) is 0 Å². The zero-order valence-electron chi connectivity index (χ0n) is 21.6. The van der Waals surface area contributed by atoms with Gasteiger partial charge in [0.25, 0.3) is 5.91 Å². The van der Waals surface area contributed by atoms with Crippen LogP contribution in [0.3, 0.4) is 0 Å². The van der Waals surface area contributed by atoms with Gasteiger partial charge in [0.1, 0.15) is 5.54 Å². The molecule has 2 aliphatic rings. The Morgan fingerprint density at radius 3 is 2.64 bits per heavy atom. The Bertz CT molecular complexity index is 1470. The Balaban J connectivity index is 1.25. The number of carbonyl (C=O) groups is 1. The highest BCUT2D eigenvalue weighted by Gasteiger charge is 2.49. The van der Waals surface area contributed by atoms with Gasteiger partial charge >= 0.3 is 0 Å². The molecule has 2 fully saturated rings. The summed E-state index contributed by atoms with van der Waals surface area (Å²) in [5, 5.41) is 20.0. The lowest BCUT2D eigenvalue weighted by atomic mass is 9.89. The van der Waals surface area contributed by atoms with Gasteiger partial charge in [-0.2, -0.15) is 14.7 Å². The number of ether oxygens (including phenoxy) is 1. The minimum Gasteiger partial charge on any atom is -0.381 e. The number of hydrogen-bond acceptors (Lipinski definition) is 9. The molecule has 0 unspecified atom stereocenters. The summed E-state index contributed by atoms with van der Waals surface area (Å²) in [7, 11) is -3.33. The molecule has 204 valence electrons. The topological polar surface area (TPSA) is 155 Å². The van der Waals surface area contributed by atoms with E-state index in [1.54, 1.807) is 60.5 Å². The van der Waals surface area contributed by atoms with Crippen LogP contribution in [0.4, 0.5) is 11.6 Å². The first-order chi connectivity index (χ1) is 18.8. The first-order valence-corrected chi connectivity index (χ1v) is 14.4. The molecule has 0 spiro atoms. The Morgan fingerprint density at radius 2 is 1.95 bits per heavy atom. The molecular weight excluding hydrogens is 520 g/mol. The molecule has 12 nitrogen and oxygen atoms in total. The summed E-state index contributed by atoms with van der Waals surface area (Å²) in [6.07, 6.45) is 6.83. The van der Waals surface area contributed by atoms with Crippen LogP contribution in [0.1, 0.15) is 36.5 Å². The molecule has 0 radical (unpaired) electrons. The normalized spacial score (nSPS) is 17.6. The fourth-order valence-corrected chi connectivity index (χ4v) is 5.95. The second-order valence-corrected chi connectivity index (χ2v) is 12.0. The molecule has 0 bridgehead atoms. The number of sulfonamides is 1. The minimum atomic E-state index is -3.33. The van der Waals surface area contributed by atoms with Gasteiger partial charge in [0.05, 0.1) is 30.1 Å². The van der Waals surface area contributed by atoms with Gasteiger partial charge < -0.3 is 15.4 Å². The number of nitrogens with zero attached hydrogens (tertiary/aromatic N) is 6. The van der Waals surface area contributed by atoms with E-state index >= 15 is 0 Å². The third-order valence-electron chi connectivity index (χ3n) is 7.09. The van der Waals surface area contributed by atoms with E-state index < -0.39 is 15.6 Å². The van der Waals surface area contributed by atoms with Crippen molar-refractivity contribution in [3.63, 3.8) is 0 Å². The largest absolute Gasteiger partial charge is 0.381 e. The van der Waals surface area contributed by atoms with E-state index in [2.05, 4.69) is 31.8 Å². The van der Waals surface area contributed by atoms with Crippen LogP contribution in [0.5, 0.6) is 0 Å². The quantitative estimate of drug-likeness (QED) is 0.408. The molecule has 0 saturated carbocycles. The van der Waals surface area contributed by atoms with Crippen molar-refractivity contribution >= 4 is 27.6 Å². The molecule has 0 atom stereocenters. The van der Waals surface area contributed by atoms with Gasteiger partial charge in [-0.15, -0.1) is 0 Å². The number of amides is 1. The van der Waals surface area contributed by atoms with Crippen LogP contribution in [0.2, 0.25) is 0 Å². The molecule has 0 aliphatic carbocycles. The van der Waals surface area contributed by atoms with E-state index in [1.807, 2.05) is 0 Å². The van der Waals surface area contributed by atoms with Gasteiger partial charge in [0, 0.05) is 61.6 Å². The molecule has 5 rings (SSSR count). The highest BCUT2D eigenvalue weighted by atomic mass is 32.2. The first-order valence-electron chi connectivity index (χ1n) is 12.8. The SMILES string of the molecule is CCS(=O)(=O)N1CC(CC#N)(n2cc(-c3ccnc(Nc4ccc(C(=O)NC5CCOCC5)cc4)n3)cn2)C1. The second kappa shape index (κ2) is 11.1. The predicted octanol–water partition coefficient (Wildman–Crippen LogP) is 2.27. The standard InChI is InChI=1S/C26H30N8O4S/c1-2-39(36,37)33-17-26(18-33,10-11-27)34-16-20(15-29-34)23-7-12-28-25(32-23)31-21-5-3-19(4-6-21)24(35)30-22-8-13-38-14-9-22/h3-7,12,15-16,22H,2,8-10,13-14,17-18H2,1H3,(H,30,35)(H,28,31,32). The van der Waals surface area contributed by atoms with Crippen molar-refractivity contribution in [2.75, 3.05) is 37.4 Å². The van der Waals surface area contributed by atoms with Crippen molar-refractivity contribution in [1.29, 1.82) is 5.26 Å². The number of rotatable bonds is 9. The van der Waals surface area contributed by atoms with Gasteiger partial charge in [-0.05, 0) is 50.1 Å². The molecule has 2 N–H and O–H groups in total. The predicted molar refractivity (Wildman–Crippen MR) is 144 cm³/mol. The van der Waals surface area contributed by atoms with Gasteiger partial charge in [0.2, 0.25) is 16.0 Å². The Hall–Kier alpha value is -3.86. The van der Waals surface area contributed by atoms with Crippen LogP contribution in [0, 0.1) is 11.3 Å². The van der Waals surface area contributed by atoms with E-state index in [9.17, 15) is 18.5 Å². The van der Waals surface area contributed by atoms with E-state index in [4.69, 9.17) is 4.74 Å². The fourth-order valence-electron chi connectivity index (χ4n) is 4.71. The van der Waals surface area contributed by atoms with Crippen LogP contribution in [-0.4, -0.2) is 76.5 Å². The third-order valence-corrected chi connectivity index (χ3v) is 8.86. The fraction of sp³-hybridized carbons (Fsp3) is 0.423. The maximum atomic E-state index is 12.6. The Labute approximate surface area is 227 Å². The number of benzene rings is 1. The average molecular weight is 551 g/mol. The van der Waals surface area contributed by atoms with Crippen molar-refractivity contribution < 1.29 is 17.9 Å². The number of nitrogens with one attached hydrogen (secondary N) is 2. The van der Waals surface area contributed by atoms with Crippen molar-refractivity contribution in [1.82, 2.24) is 29.4 Å². The lowest BCUT2D eigenvalue weighted by Gasteiger charge is -2.47. The molecule has 2 aliphatic heterocycles. The van der Waals surface area contributed by atoms with E-state index in [0.29, 0.717) is 30.4 Å². The molecule has 1 aromatic carbocycles. The molecular formula is C26H30N8O4S. The van der Waals surface area contributed by atoms with Gasteiger partial charge in [-0.1, -0.05) is 0 Å². The zero-order chi connectivity index (χ0) is 27.5. The highest BCUT2D eigenvalue weighted by Crippen LogP contribution is 2.35. The summed E-state index contributed by atoms with van der Waals surface area (Å²) < 4.78 is 32.8. The smallest absolute Gasteiger partial charge is 0.251 e. The molecule has 2 aromatic heterocycles. The lowest BCUT2D eigenvalue weighted by molar-refractivity contribution is 0.0696. The molecule has 4 heterocycles. The summed E-state index contributed by atoms with van der Waals surface area (Å²) in [4.78, 5) is 21.4. The van der Waals surface area contributed by atoms with Crippen molar-refractivity contribution in [3.05, 3.63) is 54.5 Å². The third kappa shape index (κ3) is 5.78. The lowest BCUT2D eigenvalue weighted by Crippen LogP contribution is -2.64. The monoisotopic (exact) mass is 550 g/mol. The summed E-state index contributed by atoms with van der Waals surface area (Å²) in [5.41, 5.74) is 1.93. The van der Waals surface area contributed by atoms with Crippen LogP contribution >= 0.6 is 0 Å². The van der Waals surface area contributed by atoms with Crippen LogP contribution in [-0.2, 0) is 20.3 Å². The van der Waals surface area contributed by atoms with Gasteiger partial charge in [-0.3, -0.25) is 9.48 Å². The van der Waals surface area contributed by atoms with Crippen LogP contribution in [0.25, 0.3) is 11.3 Å². The van der Waals surface area contributed by atoms with Gasteiger partial charge in [-0.25, -0.2) is 18.4 Å². The highest BCUT2D eigenvalue weighted by molar-refractivity contribution is 7.89.